The first kappa shape index (κ1) is 34.8. The molecular formula is C42H61N3. The van der Waals surface area contributed by atoms with E-state index < -0.39 is 0 Å². The van der Waals surface area contributed by atoms with E-state index in [4.69, 9.17) is 5.10 Å². The number of hydrogen-bond acceptors (Lipinski definition) is 3. The number of hydrazone groups is 1. The number of rotatable bonds is 5. The molecule has 0 amide bonds. The number of amidine groups is 1. The van der Waals surface area contributed by atoms with Crippen LogP contribution in [0.3, 0.4) is 0 Å². The molecule has 0 fully saturated rings. The van der Waals surface area contributed by atoms with Gasteiger partial charge in [-0.05, 0) is 91.1 Å². The summed E-state index contributed by atoms with van der Waals surface area (Å²) < 4.78 is 0. The number of para-hydroxylation sites is 1. The molecule has 0 bridgehead atoms. The molecule has 0 unspecified atom stereocenters. The fourth-order valence-corrected chi connectivity index (χ4v) is 6.00. The van der Waals surface area contributed by atoms with Gasteiger partial charge in [-0.1, -0.05) is 141 Å². The summed E-state index contributed by atoms with van der Waals surface area (Å²) in [6.45, 7) is 37.7. The van der Waals surface area contributed by atoms with Gasteiger partial charge >= 0.3 is 0 Å². The highest BCUT2D eigenvalue weighted by atomic mass is 15.6. The van der Waals surface area contributed by atoms with Gasteiger partial charge in [0.05, 0.1) is 5.69 Å². The molecule has 45 heavy (non-hydrogen) atoms. The van der Waals surface area contributed by atoms with Crippen molar-refractivity contribution in [3.8, 4) is 0 Å². The zero-order valence-electron chi connectivity index (χ0n) is 31.4. The summed E-state index contributed by atoms with van der Waals surface area (Å²) in [4.78, 5) is 2.47. The van der Waals surface area contributed by atoms with Gasteiger partial charge < -0.3 is 4.90 Å². The zero-order chi connectivity index (χ0) is 33.9. The van der Waals surface area contributed by atoms with Gasteiger partial charge in [0.1, 0.15) is 6.67 Å². The normalized spacial score (nSPS) is 15.0. The summed E-state index contributed by atoms with van der Waals surface area (Å²) in [5, 5.41) is 7.87. The minimum Gasteiger partial charge on any atom is -0.304 e. The maximum atomic E-state index is 5.58. The molecule has 3 heteroatoms. The molecule has 0 N–H and O–H groups in total. The SMILES string of the molecule is CC(C)c1cccc(C(C)C)c1N1CN(c2cc(C(C)(C)C)cc(C(C)(C)C)c2)C(c2cc(C(C)(C)C)cc(C(C)(C)C)c2)=N1. The second-order valence-corrected chi connectivity index (χ2v) is 18.1. The third-order valence-electron chi connectivity index (χ3n) is 9.23. The smallest absolute Gasteiger partial charge is 0.162 e. The van der Waals surface area contributed by atoms with Crippen LogP contribution < -0.4 is 9.91 Å². The highest BCUT2D eigenvalue weighted by Crippen LogP contribution is 2.41. The summed E-state index contributed by atoms with van der Waals surface area (Å²) >= 11 is 0. The van der Waals surface area contributed by atoms with Crippen molar-refractivity contribution in [2.24, 2.45) is 5.10 Å². The minimum absolute atomic E-state index is 0.0142. The van der Waals surface area contributed by atoms with Crippen molar-refractivity contribution in [1.29, 1.82) is 0 Å². The topological polar surface area (TPSA) is 18.8 Å². The first-order valence-corrected chi connectivity index (χ1v) is 17.1. The summed E-state index contributed by atoms with van der Waals surface area (Å²) in [5.41, 5.74) is 11.8. The Morgan fingerprint density at radius 1 is 0.556 bits per heavy atom. The van der Waals surface area contributed by atoms with Gasteiger partial charge in [-0.15, -0.1) is 0 Å². The molecule has 3 aromatic carbocycles. The van der Waals surface area contributed by atoms with Crippen LogP contribution in [-0.2, 0) is 21.7 Å². The maximum absolute atomic E-state index is 5.58. The van der Waals surface area contributed by atoms with Crippen molar-refractivity contribution in [2.45, 2.75) is 144 Å². The number of benzene rings is 3. The molecule has 1 aliphatic heterocycles. The van der Waals surface area contributed by atoms with E-state index in [1.54, 1.807) is 0 Å². The van der Waals surface area contributed by atoms with Gasteiger partial charge in [-0.25, -0.2) is 5.01 Å². The van der Waals surface area contributed by atoms with E-state index in [9.17, 15) is 0 Å². The Hall–Kier alpha value is -3.07. The van der Waals surface area contributed by atoms with Crippen LogP contribution in [0, 0.1) is 0 Å². The molecule has 0 saturated carbocycles. The van der Waals surface area contributed by atoms with E-state index in [1.165, 1.54) is 50.3 Å². The highest BCUT2D eigenvalue weighted by Gasteiger charge is 2.33. The third-order valence-corrected chi connectivity index (χ3v) is 9.23. The van der Waals surface area contributed by atoms with Crippen LogP contribution in [0.15, 0.2) is 59.7 Å². The van der Waals surface area contributed by atoms with Crippen LogP contribution in [0.5, 0.6) is 0 Å². The Labute approximate surface area is 276 Å². The molecule has 1 aliphatic rings. The minimum atomic E-state index is 0.0142. The van der Waals surface area contributed by atoms with Crippen LogP contribution in [0.25, 0.3) is 0 Å². The molecular weight excluding hydrogens is 546 g/mol. The van der Waals surface area contributed by atoms with Crippen molar-refractivity contribution in [3.63, 3.8) is 0 Å². The molecule has 3 aromatic rings. The maximum Gasteiger partial charge on any atom is 0.162 e. The highest BCUT2D eigenvalue weighted by molar-refractivity contribution is 6.12. The lowest BCUT2D eigenvalue weighted by Crippen LogP contribution is -2.33. The van der Waals surface area contributed by atoms with Gasteiger partial charge in [0, 0.05) is 11.3 Å². The monoisotopic (exact) mass is 607 g/mol. The zero-order valence-corrected chi connectivity index (χ0v) is 31.4. The average Bonchev–Trinajstić information content (AvgIpc) is 3.35. The Morgan fingerprint density at radius 2 is 0.933 bits per heavy atom. The first-order valence-electron chi connectivity index (χ1n) is 17.1. The summed E-state index contributed by atoms with van der Waals surface area (Å²) in [5.74, 6) is 1.80. The van der Waals surface area contributed by atoms with Crippen LogP contribution >= 0.6 is 0 Å². The second kappa shape index (κ2) is 11.9. The standard InChI is InChI=1S/C42H61N3/c1-27(2)35-18-17-19-36(28(3)4)37(35)45-26-44(34-24-32(41(11,12)13)23-33(25-34)42(14,15)16)38(43-45)29-20-30(39(5,6)7)22-31(21-29)40(8,9)10/h17-25,27-28H,26H2,1-16H3. The molecule has 0 aromatic heterocycles. The number of hydrogen-bond donors (Lipinski definition) is 0. The molecule has 0 spiro atoms. The Kier molecular flexibility index (Phi) is 9.23. The van der Waals surface area contributed by atoms with Gasteiger partial charge in [-0.2, -0.15) is 5.10 Å². The van der Waals surface area contributed by atoms with E-state index >= 15 is 0 Å². The van der Waals surface area contributed by atoms with Gasteiger partial charge in [0.15, 0.2) is 5.84 Å². The summed E-state index contributed by atoms with van der Waals surface area (Å²) in [6.07, 6.45) is 0. The molecule has 4 rings (SSSR count). The summed E-state index contributed by atoms with van der Waals surface area (Å²) in [7, 11) is 0. The number of anilines is 2. The van der Waals surface area contributed by atoms with Crippen molar-refractivity contribution in [2.75, 3.05) is 16.6 Å². The molecule has 244 valence electrons. The van der Waals surface area contributed by atoms with Gasteiger partial charge in [0.2, 0.25) is 0 Å². The van der Waals surface area contributed by atoms with Crippen molar-refractivity contribution >= 4 is 17.2 Å². The summed E-state index contributed by atoms with van der Waals surface area (Å²) in [6, 6.07) is 21.2. The Bertz CT molecular complexity index is 1470. The van der Waals surface area contributed by atoms with E-state index in [-0.39, 0.29) is 21.7 Å². The predicted molar refractivity (Wildman–Crippen MR) is 199 cm³/mol. The van der Waals surface area contributed by atoms with Crippen LogP contribution in [0.2, 0.25) is 0 Å². The second-order valence-electron chi connectivity index (χ2n) is 18.1. The molecule has 0 saturated heterocycles. The van der Waals surface area contributed by atoms with Gasteiger partial charge in [0.25, 0.3) is 0 Å². The lowest BCUT2D eigenvalue weighted by Gasteiger charge is -2.31. The lowest BCUT2D eigenvalue weighted by molar-refractivity contribution is 0.567. The van der Waals surface area contributed by atoms with Gasteiger partial charge in [-0.3, -0.25) is 0 Å². The van der Waals surface area contributed by atoms with E-state index in [0.717, 1.165) is 5.84 Å². The van der Waals surface area contributed by atoms with E-state index in [2.05, 4.69) is 175 Å². The van der Waals surface area contributed by atoms with Crippen LogP contribution in [0.4, 0.5) is 11.4 Å². The van der Waals surface area contributed by atoms with E-state index in [1.807, 2.05) is 0 Å². The van der Waals surface area contributed by atoms with Crippen molar-refractivity contribution < 1.29 is 0 Å². The lowest BCUT2D eigenvalue weighted by atomic mass is 9.79. The molecule has 0 atom stereocenters. The van der Waals surface area contributed by atoms with Crippen molar-refractivity contribution in [3.05, 3.63) is 93.5 Å². The number of nitrogens with zero attached hydrogens (tertiary/aromatic N) is 3. The first-order chi connectivity index (χ1) is 20.5. The fourth-order valence-electron chi connectivity index (χ4n) is 6.00. The molecule has 0 aliphatic carbocycles. The molecule has 0 radical (unpaired) electrons. The average molecular weight is 608 g/mol. The Morgan fingerprint density at radius 3 is 1.29 bits per heavy atom. The van der Waals surface area contributed by atoms with Crippen molar-refractivity contribution in [1.82, 2.24) is 0 Å². The quantitative estimate of drug-likeness (QED) is 0.287. The molecule has 1 heterocycles. The largest absolute Gasteiger partial charge is 0.304 e. The fraction of sp³-hybridized carbons (Fsp3) is 0.548. The third kappa shape index (κ3) is 7.50. The van der Waals surface area contributed by atoms with E-state index in [0.29, 0.717) is 18.5 Å². The Balaban J connectivity index is 2.07. The predicted octanol–water partition coefficient (Wildman–Crippen LogP) is 11.8. The van der Waals surface area contributed by atoms with Crippen LogP contribution in [0.1, 0.15) is 162 Å². The van der Waals surface area contributed by atoms with Crippen LogP contribution in [-0.4, -0.2) is 12.5 Å². The molecule has 3 nitrogen and oxygen atoms in total.